The summed E-state index contributed by atoms with van der Waals surface area (Å²) in [5.74, 6) is -1.32. The number of nitrogens with one attached hydrogen (secondary N) is 1. The molecule has 3 heterocycles. The molecule has 4 rings (SSSR count). The number of aromatic nitrogens is 1. The Morgan fingerprint density at radius 1 is 1.10 bits per heavy atom. The molecule has 31 heavy (non-hydrogen) atoms. The van der Waals surface area contributed by atoms with Crippen molar-refractivity contribution in [2.75, 3.05) is 5.73 Å². The van der Waals surface area contributed by atoms with Gasteiger partial charge in [0.25, 0.3) is 5.91 Å². The summed E-state index contributed by atoms with van der Waals surface area (Å²) in [5.41, 5.74) is 5.04. The van der Waals surface area contributed by atoms with Crippen molar-refractivity contribution in [2.45, 2.75) is 12.7 Å². The second-order valence-corrected chi connectivity index (χ2v) is 8.50. The van der Waals surface area contributed by atoms with Crippen LogP contribution in [0.15, 0.2) is 53.9 Å². The normalized spacial score (nSPS) is 11.6. The molecule has 1 aromatic carbocycles. The number of halogens is 3. The first-order valence-corrected chi connectivity index (χ1v) is 10.7. The number of hydrogen-bond acceptors (Lipinski definition) is 6. The maximum atomic E-state index is 13.6. The van der Waals surface area contributed by atoms with Gasteiger partial charge in [-0.1, -0.05) is 36.4 Å². The van der Waals surface area contributed by atoms with E-state index in [-0.39, 0.29) is 32.2 Å². The van der Waals surface area contributed by atoms with Gasteiger partial charge in [-0.3, -0.25) is 9.59 Å². The standard InChI is InChI=1S/C21H14F3N3O2S2/c22-21(23,24)18-13(16(28)14-7-4-8-30-14)9-12-15(25)17(31-20(12)27-18)19(29)26-10-11-5-2-1-3-6-11/h1-9H,10,25H2,(H,26,29). The Kier molecular flexibility index (Phi) is 5.50. The molecule has 0 saturated heterocycles. The van der Waals surface area contributed by atoms with Crippen LogP contribution in [0.5, 0.6) is 0 Å². The van der Waals surface area contributed by atoms with Crippen LogP contribution in [0.2, 0.25) is 0 Å². The molecule has 3 N–H and O–H groups in total. The van der Waals surface area contributed by atoms with Gasteiger partial charge in [0.05, 0.1) is 16.1 Å². The van der Waals surface area contributed by atoms with E-state index < -0.39 is 29.1 Å². The number of amides is 1. The predicted molar refractivity (Wildman–Crippen MR) is 114 cm³/mol. The van der Waals surface area contributed by atoms with Crippen molar-refractivity contribution in [1.29, 1.82) is 0 Å². The van der Waals surface area contributed by atoms with Crippen LogP contribution in [0.3, 0.4) is 0 Å². The zero-order valence-corrected chi connectivity index (χ0v) is 17.3. The summed E-state index contributed by atoms with van der Waals surface area (Å²) in [7, 11) is 0. The fourth-order valence-electron chi connectivity index (χ4n) is 3.00. The average Bonchev–Trinajstić information content (AvgIpc) is 3.39. The van der Waals surface area contributed by atoms with E-state index in [1.165, 1.54) is 6.07 Å². The van der Waals surface area contributed by atoms with Gasteiger partial charge in [-0.2, -0.15) is 13.2 Å². The molecule has 0 spiro atoms. The SMILES string of the molecule is Nc1c(C(=O)NCc2ccccc2)sc2nc(C(F)(F)F)c(C(=O)c3cccs3)cc12. The highest BCUT2D eigenvalue weighted by Gasteiger charge is 2.38. The Hall–Kier alpha value is -3.24. The van der Waals surface area contributed by atoms with Crippen molar-refractivity contribution in [2.24, 2.45) is 0 Å². The molecular formula is C21H14F3N3O2S2. The lowest BCUT2D eigenvalue weighted by molar-refractivity contribution is -0.141. The lowest BCUT2D eigenvalue weighted by Gasteiger charge is -2.11. The first kappa shape index (κ1) is 21.0. The molecule has 1 amide bonds. The highest BCUT2D eigenvalue weighted by atomic mass is 32.1. The summed E-state index contributed by atoms with van der Waals surface area (Å²) >= 11 is 1.79. The molecule has 158 valence electrons. The lowest BCUT2D eigenvalue weighted by Crippen LogP contribution is -2.22. The molecule has 10 heteroatoms. The van der Waals surface area contributed by atoms with Gasteiger partial charge in [0.2, 0.25) is 5.78 Å². The Morgan fingerprint density at radius 3 is 2.48 bits per heavy atom. The molecule has 0 aliphatic carbocycles. The summed E-state index contributed by atoms with van der Waals surface area (Å²) < 4.78 is 40.9. The van der Waals surface area contributed by atoms with Crippen molar-refractivity contribution >= 4 is 50.3 Å². The summed E-state index contributed by atoms with van der Waals surface area (Å²) in [6.07, 6.45) is -4.84. The van der Waals surface area contributed by atoms with Gasteiger partial charge in [0, 0.05) is 11.9 Å². The summed E-state index contributed by atoms with van der Waals surface area (Å²) in [6.45, 7) is 0.233. The van der Waals surface area contributed by atoms with Crippen LogP contribution >= 0.6 is 22.7 Å². The fourth-order valence-corrected chi connectivity index (χ4v) is 4.67. The third kappa shape index (κ3) is 4.17. The number of nitrogens with two attached hydrogens (primary N) is 1. The van der Waals surface area contributed by atoms with Crippen LogP contribution in [-0.4, -0.2) is 16.7 Å². The molecule has 0 aliphatic rings. The van der Waals surface area contributed by atoms with Crippen molar-refractivity contribution in [1.82, 2.24) is 10.3 Å². The quantitative estimate of drug-likeness (QED) is 0.404. The number of pyridine rings is 1. The molecular weight excluding hydrogens is 447 g/mol. The number of alkyl halides is 3. The van der Waals surface area contributed by atoms with E-state index >= 15 is 0 Å². The minimum Gasteiger partial charge on any atom is -0.397 e. The zero-order valence-electron chi connectivity index (χ0n) is 15.7. The number of fused-ring (bicyclic) bond motifs is 1. The van der Waals surface area contributed by atoms with E-state index in [4.69, 9.17) is 5.73 Å². The molecule has 0 aliphatic heterocycles. The van der Waals surface area contributed by atoms with Gasteiger partial charge in [-0.15, -0.1) is 22.7 Å². The zero-order chi connectivity index (χ0) is 22.2. The topological polar surface area (TPSA) is 85.1 Å². The number of benzene rings is 1. The molecule has 0 unspecified atom stereocenters. The van der Waals surface area contributed by atoms with E-state index in [9.17, 15) is 22.8 Å². The van der Waals surface area contributed by atoms with Gasteiger partial charge in [0.15, 0.2) is 5.69 Å². The van der Waals surface area contributed by atoms with E-state index in [1.54, 1.807) is 11.4 Å². The third-order valence-electron chi connectivity index (χ3n) is 4.48. The van der Waals surface area contributed by atoms with Gasteiger partial charge < -0.3 is 11.1 Å². The number of hydrogen-bond donors (Lipinski definition) is 2. The molecule has 5 nitrogen and oxygen atoms in total. The Balaban J connectivity index is 1.74. The maximum Gasteiger partial charge on any atom is 0.434 e. The number of nitrogens with zero attached hydrogens (tertiary/aromatic N) is 1. The number of rotatable bonds is 5. The van der Waals surface area contributed by atoms with Crippen molar-refractivity contribution in [3.05, 3.63) is 80.5 Å². The van der Waals surface area contributed by atoms with Gasteiger partial charge >= 0.3 is 6.18 Å². The van der Waals surface area contributed by atoms with E-state index in [2.05, 4.69) is 10.3 Å². The Labute approximate surface area is 182 Å². The highest BCUT2D eigenvalue weighted by molar-refractivity contribution is 7.21. The Morgan fingerprint density at radius 2 is 1.84 bits per heavy atom. The molecule has 0 bridgehead atoms. The molecule has 0 saturated carbocycles. The molecule has 4 aromatic rings. The first-order chi connectivity index (χ1) is 14.8. The highest BCUT2D eigenvalue weighted by Crippen LogP contribution is 2.39. The average molecular weight is 461 g/mol. The van der Waals surface area contributed by atoms with Crippen LogP contribution in [0.25, 0.3) is 10.2 Å². The van der Waals surface area contributed by atoms with Crippen molar-refractivity contribution in [3.8, 4) is 0 Å². The van der Waals surface area contributed by atoms with Gasteiger partial charge in [-0.25, -0.2) is 4.98 Å². The number of carbonyl (C=O) groups excluding carboxylic acids is 2. The van der Waals surface area contributed by atoms with E-state index in [0.29, 0.717) is 0 Å². The lowest BCUT2D eigenvalue weighted by atomic mass is 10.1. The van der Waals surface area contributed by atoms with Gasteiger partial charge in [-0.05, 0) is 23.1 Å². The summed E-state index contributed by atoms with van der Waals surface area (Å²) in [4.78, 5) is 29.1. The summed E-state index contributed by atoms with van der Waals surface area (Å²) in [5, 5.41) is 4.44. The van der Waals surface area contributed by atoms with Crippen molar-refractivity contribution < 1.29 is 22.8 Å². The van der Waals surface area contributed by atoms with Crippen LogP contribution < -0.4 is 11.1 Å². The second kappa shape index (κ2) is 8.12. The van der Waals surface area contributed by atoms with Crippen LogP contribution in [0.1, 0.15) is 36.2 Å². The third-order valence-corrected chi connectivity index (χ3v) is 6.46. The van der Waals surface area contributed by atoms with Crippen LogP contribution in [0, 0.1) is 0 Å². The first-order valence-electron chi connectivity index (χ1n) is 8.96. The van der Waals surface area contributed by atoms with Crippen molar-refractivity contribution in [3.63, 3.8) is 0 Å². The summed E-state index contributed by atoms with van der Waals surface area (Å²) in [6, 6.07) is 13.2. The van der Waals surface area contributed by atoms with Gasteiger partial charge in [0.1, 0.15) is 9.71 Å². The number of anilines is 1. The maximum absolute atomic E-state index is 13.6. The van der Waals surface area contributed by atoms with Crippen LogP contribution in [-0.2, 0) is 12.7 Å². The number of carbonyl (C=O) groups is 2. The van der Waals surface area contributed by atoms with E-state index in [1.807, 2.05) is 30.3 Å². The van der Waals surface area contributed by atoms with Crippen LogP contribution in [0.4, 0.5) is 18.9 Å². The smallest absolute Gasteiger partial charge is 0.397 e. The minimum atomic E-state index is -4.84. The fraction of sp³-hybridized carbons (Fsp3) is 0.0952. The molecule has 0 radical (unpaired) electrons. The minimum absolute atomic E-state index is 0.00739. The number of nitrogen functional groups attached to an aromatic ring is 1. The largest absolute Gasteiger partial charge is 0.434 e. The molecule has 0 fully saturated rings. The second-order valence-electron chi connectivity index (χ2n) is 6.55. The monoisotopic (exact) mass is 461 g/mol. The van der Waals surface area contributed by atoms with E-state index in [0.717, 1.165) is 34.3 Å². The number of thiophene rings is 2. The molecule has 3 aromatic heterocycles. The molecule has 0 atom stereocenters. The Bertz CT molecular complexity index is 1270. The number of ketones is 1. The predicted octanol–water partition coefficient (Wildman–Crippen LogP) is 5.12.